The van der Waals surface area contributed by atoms with E-state index in [1.165, 1.54) is 11.1 Å². The van der Waals surface area contributed by atoms with Gasteiger partial charge >= 0.3 is 11.7 Å². The third-order valence-electron chi connectivity index (χ3n) is 3.17. The number of tetrazole rings is 1. The first kappa shape index (κ1) is 18.1. The third-order valence-corrected chi connectivity index (χ3v) is 3.17. The van der Waals surface area contributed by atoms with Crippen LogP contribution in [-0.4, -0.2) is 44.7 Å². The molecule has 1 heterocycles. The number of carbonyl (C=O) groups is 1. The normalized spacial score (nSPS) is 11.0. The summed E-state index contributed by atoms with van der Waals surface area (Å²) >= 11 is 0. The lowest BCUT2D eigenvalue weighted by molar-refractivity contribution is 0.175. The van der Waals surface area contributed by atoms with Gasteiger partial charge < -0.3 is 4.84 Å². The highest BCUT2D eigenvalue weighted by Crippen LogP contribution is 2.17. The predicted octanol–water partition coefficient (Wildman–Crippen LogP) is 1.51. The Morgan fingerprint density at radius 3 is 2.72 bits per heavy atom. The van der Waals surface area contributed by atoms with Gasteiger partial charge in [-0.3, -0.25) is 4.90 Å². The highest BCUT2D eigenvalue weighted by Gasteiger charge is 2.24. The molecule has 0 fully saturated rings. The zero-order valence-corrected chi connectivity index (χ0v) is 14.1. The molecular formula is C16H20N6O3. The number of rotatable bonds is 7. The summed E-state index contributed by atoms with van der Waals surface area (Å²) in [6.07, 6.45) is 2.90. The Morgan fingerprint density at radius 2 is 2.08 bits per heavy atom. The van der Waals surface area contributed by atoms with Gasteiger partial charge in [0, 0.05) is 11.7 Å². The molecule has 1 aromatic heterocycles. The van der Waals surface area contributed by atoms with Crippen LogP contribution in [0.4, 0.5) is 10.5 Å². The molecule has 9 nitrogen and oxygen atoms in total. The van der Waals surface area contributed by atoms with Crippen LogP contribution < -0.4 is 10.6 Å². The zero-order valence-electron chi connectivity index (χ0n) is 14.1. The van der Waals surface area contributed by atoms with E-state index in [0.29, 0.717) is 5.69 Å². The molecule has 0 spiro atoms. The molecule has 0 aliphatic rings. The Bertz CT molecular complexity index is 794. The third kappa shape index (κ3) is 4.40. The first-order valence-electron chi connectivity index (χ1n) is 7.72. The minimum Gasteiger partial charge on any atom is -0.392 e. The standard InChI is InChI=1S/C16H20N6O3/c1-4-12-25-17-10-11-20-15(23)22(19-18-20)16(24)21(13(2)3)14-8-6-5-7-9-14/h4-10,13H,1,11-12H2,2-3H3/b17-10+. The molecule has 1 amide bonds. The summed E-state index contributed by atoms with van der Waals surface area (Å²) in [7, 11) is 0. The number of benzene rings is 1. The van der Waals surface area contributed by atoms with Gasteiger partial charge in [-0.15, -0.1) is 4.68 Å². The van der Waals surface area contributed by atoms with E-state index in [1.807, 2.05) is 32.0 Å². The van der Waals surface area contributed by atoms with Crippen LogP contribution in [0.5, 0.6) is 0 Å². The zero-order chi connectivity index (χ0) is 18.2. The minimum absolute atomic E-state index is 0.0380. The average molecular weight is 344 g/mol. The molecule has 2 rings (SSSR count). The first-order chi connectivity index (χ1) is 12.1. The van der Waals surface area contributed by atoms with E-state index in [1.54, 1.807) is 18.2 Å². The summed E-state index contributed by atoms with van der Waals surface area (Å²) in [5, 5.41) is 11.0. The average Bonchev–Trinajstić information content (AvgIpc) is 2.96. The second-order valence-electron chi connectivity index (χ2n) is 5.31. The Labute approximate surface area is 144 Å². The van der Waals surface area contributed by atoms with E-state index < -0.39 is 11.7 Å². The molecule has 132 valence electrons. The van der Waals surface area contributed by atoms with E-state index in [9.17, 15) is 9.59 Å². The minimum atomic E-state index is -0.651. The van der Waals surface area contributed by atoms with Crippen LogP contribution >= 0.6 is 0 Å². The van der Waals surface area contributed by atoms with Crippen molar-refractivity contribution in [2.75, 3.05) is 11.5 Å². The first-order valence-corrected chi connectivity index (χ1v) is 7.72. The smallest absolute Gasteiger partial charge is 0.372 e. The fourth-order valence-electron chi connectivity index (χ4n) is 2.09. The Balaban J connectivity index is 2.20. The van der Waals surface area contributed by atoms with Crippen LogP contribution in [0, 0.1) is 0 Å². The van der Waals surface area contributed by atoms with Gasteiger partial charge in [0.1, 0.15) is 6.61 Å². The van der Waals surface area contributed by atoms with Crippen LogP contribution in [-0.2, 0) is 11.4 Å². The van der Waals surface area contributed by atoms with Crippen molar-refractivity contribution in [1.82, 2.24) is 19.8 Å². The largest absolute Gasteiger partial charge is 0.392 e. The van der Waals surface area contributed by atoms with Gasteiger partial charge in [-0.1, -0.05) is 36.0 Å². The van der Waals surface area contributed by atoms with E-state index in [2.05, 4.69) is 22.2 Å². The highest BCUT2D eigenvalue weighted by atomic mass is 16.6. The van der Waals surface area contributed by atoms with Gasteiger partial charge in [-0.05, 0) is 36.4 Å². The van der Waals surface area contributed by atoms with E-state index in [-0.39, 0.29) is 19.2 Å². The lowest BCUT2D eigenvalue weighted by Crippen LogP contribution is -2.44. The number of amides is 1. The lowest BCUT2D eigenvalue weighted by atomic mass is 10.2. The summed E-state index contributed by atoms with van der Waals surface area (Å²) in [5.74, 6) is 0. The second kappa shape index (κ2) is 8.57. The van der Waals surface area contributed by atoms with Crippen LogP contribution in [0.25, 0.3) is 0 Å². The maximum atomic E-state index is 12.7. The number of hydrogen-bond acceptors (Lipinski definition) is 6. The molecule has 0 bridgehead atoms. The summed E-state index contributed by atoms with van der Waals surface area (Å²) in [5.41, 5.74) is 0.0186. The molecule has 0 aliphatic heterocycles. The molecule has 25 heavy (non-hydrogen) atoms. The molecule has 0 N–H and O–H groups in total. The van der Waals surface area contributed by atoms with Crippen molar-refractivity contribution < 1.29 is 9.63 Å². The van der Waals surface area contributed by atoms with Crippen LogP contribution in [0.3, 0.4) is 0 Å². The number of aromatic nitrogens is 4. The van der Waals surface area contributed by atoms with Crippen molar-refractivity contribution in [2.45, 2.75) is 26.4 Å². The van der Waals surface area contributed by atoms with Gasteiger partial charge in [-0.25, -0.2) is 9.59 Å². The maximum absolute atomic E-state index is 12.7. The number of anilines is 1. The topological polar surface area (TPSA) is 94.6 Å². The monoisotopic (exact) mass is 344 g/mol. The molecular weight excluding hydrogens is 324 g/mol. The SMILES string of the molecule is C=CCO/N=C/Cn1nnn(C(=O)N(c2ccccc2)C(C)C)c1=O. The summed E-state index contributed by atoms with van der Waals surface area (Å²) in [6, 6.07) is 8.32. The van der Waals surface area contributed by atoms with Gasteiger partial charge in [0.15, 0.2) is 0 Å². The quantitative estimate of drug-likeness (QED) is 0.249. The Kier molecular flexibility index (Phi) is 6.21. The Hall–Kier alpha value is -3.23. The number of oxime groups is 1. The molecule has 0 saturated carbocycles. The fraction of sp³-hybridized carbons (Fsp3) is 0.312. The summed E-state index contributed by atoms with van der Waals surface area (Å²) in [6.45, 7) is 7.49. The molecule has 0 saturated heterocycles. The fourth-order valence-corrected chi connectivity index (χ4v) is 2.09. The van der Waals surface area contributed by atoms with Crippen molar-refractivity contribution in [1.29, 1.82) is 0 Å². The number of carbonyl (C=O) groups excluding carboxylic acids is 1. The van der Waals surface area contributed by atoms with Crippen LogP contribution in [0.15, 0.2) is 52.9 Å². The van der Waals surface area contributed by atoms with Gasteiger partial charge in [-0.2, -0.15) is 4.68 Å². The number of para-hydroxylation sites is 1. The Morgan fingerprint density at radius 1 is 1.36 bits per heavy atom. The van der Waals surface area contributed by atoms with E-state index in [4.69, 9.17) is 4.84 Å². The molecule has 0 atom stereocenters. The highest BCUT2D eigenvalue weighted by molar-refractivity contribution is 5.93. The number of nitrogens with zero attached hydrogens (tertiary/aromatic N) is 6. The van der Waals surface area contributed by atoms with Gasteiger partial charge in [0.2, 0.25) is 0 Å². The second-order valence-corrected chi connectivity index (χ2v) is 5.31. The van der Waals surface area contributed by atoms with Crippen LogP contribution in [0.2, 0.25) is 0 Å². The van der Waals surface area contributed by atoms with E-state index >= 15 is 0 Å². The molecule has 0 radical (unpaired) electrons. The maximum Gasteiger partial charge on any atom is 0.372 e. The molecule has 2 aromatic rings. The predicted molar refractivity (Wildman–Crippen MR) is 93.8 cm³/mol. The molecule has 0 unspecified atom stereocenters. The molecule has 9 heteroatoms. The molecule has 0 aliphatic carbocycles. The van der Waals surface area contributed by atoms with E-state index in [0.717, 1.165) is 9.36 Å². The molecule has 1 aromatic carbocycles. The van der Waals surface area contributed by atoms with Crippen LogP contribution in [0.1, 0.15) is 13.8 Å². The van der Waals surface area contributed by atoms with Crippen molar-refractivity contribution in [3.05, 3.63) is 53.5 Å². The van der Waals surface area contributed by atoms with Crippen molar-refractivity contribution in [2.24, 2.45) is 5.16 Å². The lowest BCUT2D eigenvalue weighted by Gasteiger charge is -2.25. The van der Waals surface area contributed by atoms with Gasteiger partial charge in [0.05, 0.1) is 12.8 Å². The summed E-state index contributed by atoms with van der Waals surface area (Å²) < 4.78 is 1.74. The van der Waals surface area contributed by atoms with Gasteiger partial charge in [0.25, 0.3) is 0 Å². The van der Waals surface area contributed by atoms with Crippen molar-refractivity contribution in [3.63, 3.8) is 0 Å². The van der Waals surface area contributed by atoms with Crippen molar-refractivity contribution in [3.8, 4) is 0 Å². The summed E-state index contributed by atoms with van der Waals surface area (Å²) in [4.78, 5) is 31.4. The van der Waals surface area contributed by atoms with Crippen molar-refractivity contribution >= 4 is 17.9 Å². The number of hydrogen-bond donors (Lipinski definition) is 0.